The number of carbonyl (C=O) groups is 1. The molecule has 1 aliphatic heterocycles. The van der Waals surface area contributed by atoms with Gasteiger partial charge in [-0.25, -0.2) is 0 Å². The number of benzene rings is 1. The first-order valence-electron chi connectivity index (χ1n) is 10.8. The van der Waals surface area contributed by atoms with E-state index in [0.29, 0.717) is 11.1 Å². The number of hydrogen-bond acceptors (Lipinski definition) is 5. The summed E-state index contributed by atoms with van der Waals surface area (Å²) in [6.07, 6.45) is 3.76. The number of hydrogen-bond donors (Lipinski definition) is 1. The third-order valence-electron chi connectivity index (χ3n) is 6.64. The van der Waals surface area contributed by atoms with Crippen molar-refractivity contribution in [3.05, 3.63) is 35.5 Å². The molecule has 3 rings (SSSR count). The first kappa shape index (κ1) is 24.0. The molecule has 0 aliphatic carbocycles. The minimum atomic E-state index is -1.82. The summed E-state index contributed by atoms with van der Waals surface area (Å²) in [6.45, 7) is 12.9. The van der Waals surface area contributed by atoms with Crippen LogP contribution in [0, 0.1) is 0 Å². The topological polar surface area (TPSA) is 77.7 Å². The lowest BCUT2D eigenvalue weighted by Crippen LogP contribution is -2.47. The van der Waals surface area contributed by atoms with Gasteiger partial charge in [0.2, 0.25) is 0 Å². The lowest BCUT2D eigenvalue weighted by Gasteiger charge is -2.42. The molecule has 170 valence electrons. The van der Waals surface area contributed by atoms with Crippen LogP contribution in [0.5, 0.6) is 0 Å². The Morgan fingerprint density at radius 2 is 1.97 bits per heavy atom. The molecule has 2 aromatic rings. The number of alkyl halides is 1. The monoisotopic (exact) mass is 463 g/mol. The summed E-state index contributed by atoms with van der Waals surface area (Å²) < 4.78 is 11.9. The van der Waals surface area contributed by atoms with E-state index in [1.807, 2.05) is 12.1 Å². The van der Waals surface area contributed by atoms with Crippen LogP contribution in [0.1, 0.15) is 55.1 Å². The minimum Gasteiger partial charge on any atom is -0.414 e. The molecule has 1 aromatic heterocycles. The predicted octanol–water partition coefficient (Wildman–Crippen LogP) is 5.21. The van der Waals surface area contributed by atoms with Crippen LogP contribution in [-0.4, -0.2) is 45.5 Å². The standard InChI is InChI=1S/C23H34ClN3O3Si/c1-23(2,3)31(5,6)30-15-9-12-27(13-10-15)20-18(22(25)28)14-17(21(24)29-4)16-8-7-11-26-19(16)20/h7-8,11,14-15,21H,9-10,12-13H2,1-6H3,(H2,25,28). The largest absolute Gasteiger partial charge is 0.414 e. The Labute approximate surface area is 191 Å². The number of primary amides is 1. The van der Waals surface area contributed by atoms with E-state index in [1.165, 1.54) is 7.11 Å². The lowest BCUT2D eigenvalue weighted by atomic mass is 9.98. The van der Waals surface area contributed by atoms with Gasteiger partial charge < -0.3 is 19.8 Å². The highest BCUT2D eigenvalue weighted by molar-refractivity contribution is 6.74. The van der Waals surface area contributed by atoms with Gasteiger partial charge in [0.25, 0.3) is 5.91 Å². The fourth-order valence-corrected chi connectivity index (χ4v) is 5.47. The van der Waals surface area contributed by atoms with E-state index in [4.69, 9.17) is 26.5 Å². The summed E-state index contributed by atoms with van der Waals surface area (Å²) in [4.78, 5) is 19.2. The van der Waals surface area contributed by atoms with Gasteiger partial charge in [-0.2, -0.15) is 0 Å². The van der Waals surface area contributed by atoms with Crippen LogP contribution in [0.3, 0.4) is 0 Å². The van der Waals surface area contributed by atoms with Crippen molar-refractivity contribution in [1.29, 1.82) is 0 Å². The van der Waals surface area contributed by atoms with E-state index in [0.717, 1.165) is 42.5 Å². The average molecular weight is 464 g/mol. The Balaban J connectivity index is 1.94. The molecule has 8 heteroatoms. The van der Waals surface area contributed by atoms with Crippen LogP contribution < -0.4 is 10.6 Å². The summed E-state index contributed by atoms with van der Waals surface area (Å²) in [6, 6.07) is 5.56. The van der Waals surface area contributed by atoms with E-state index in [9.17, 15) is 4.79 Å². The summed E-state index contributed by atoms with van der Waals surface area (Å²) in [7, 11) is -0.291. The van der Waals surface area contributed by atoms with Gasteiger partial charge in [0, 0.05) is 43.4 Å². The van der Waals surface area contributed by atoms with Gasteiger partial charge in [-0.05, 0) is 43.1 Å². The number of halogens is 1. The number of methoxy groups -OCH3 is 1. The molecule has 1 fully saturated rings. The van der Waals surface area contributed by atoms with E-state index in [-0.39, 0.29) is 11.1 Å². The first-order chi connectivity index (χ1) is 14.5. The Morgan fingerprint density at radius 3 is 2.52 bits per heavy atom. The van der Waals surface area contributed by atoms with Crippen molar-refractivity contribution >= 4 is 42.4 Å². The van der Waals surface area contributed by atoms with E-state index < -0.39 is 19.8 Å². The third-order valence-corrected chi connectivity index (χ3v) is 11.6. The molecule has 0 saturated carbocycles. The van der Waals surface area contributed by atoms with E-state index in [1.54, 1.807) is 12.3 Å². The van der Waals surface area contributed by atoms with Crippen molar-refractivity contribution in [3.8, 4) is 0 Å². The molecular weight excluding hydrogens is 430 g/mol. The number of nitrogens with two attached hydrogens (primary N) is 1. The third kappa shape index (κ3) is 4.90. The molecular formula is C23H34ClN3O3Si. The van der Waals surface area contributed by atoms with Crippen LogP contribution in [0.15, 0.2) is 24.4 Å². The van der Waals surface area contributed by atoms with Gasteiger partial charge in [-0.3, -0.25) is 9.78 Å². The first-order valence-corrected chi connectivity index (χ1v) is 14.1. The van der Waals surface area contributed by atoms with Crippen molar-refractivity contribution in [3.63, 3.8) is 0 Å². The molecule has 1 atom stereocenters. The van der Waals surface area contributed by atoms with Crippen molar-refractivity contribution < 1.29 is 14.0 Å². The fourth-order valence-electron chi connectivity index (χ4n) is 3.87. The zero-order valence-electron chi connectivity index (χ0n) is 19.4. The molecule has 0 bridgehead atoms. The predicted molar refractivity (Wildman–Crippen MR) is 129 cm³/mol. The van der Waals surface area contributed by atoms with Crippen molar-refractivity contribution in [1.82, 2.24) is 4.98 Å². The number of amides is 1. The number of nitrogens with zero attached hydrogens (tertiary/aromatic N) is 2. The molecule has 2 N–H and O–H groups in total. The van der Waals surface area contributed by atoms with Crippen LogP contribution in [0.25, 0.3) is 10.9 Å². The second-order valence-corrected chi connectivity index (χ2v) is 14.9. The Bertz CT molecular complexity index is 953. The highest BCUT2D eigenvalue weighted by atomic mass is 35.5. The fraction of sp³-hybridized carbons (Fsp3) is 0.565. The number of anilines is 1. The van der Waals surface area contributed by atoms with Crippen LogP contribution in [0.2, 0.25) is 18.1 Å². The summed E-state index contributed by atoms with van der Waals surface area (Å²) in [5.74, 6) is -0.497. The number of fused-ring (bicyclic) bond motifs is 1. The lowest BCUT2D eigenvalue weighted by molar-refractivity contribution is 0.100. The highest BCUT2D eigenvalue weighted by Crippen LogP contribution is 2.40. The van der Waals surface area contributed by atoms with Crippen molar-refractivity contribution in [2.45, 2.75) is 63.4 Å². The maximum Gasteiger partial charge on any atom is 0.250 e. The van der Waals surface area contributed by atoms with Crippen molar-refractivity contribution in [2.24, 2.45) is 5.73 Å². The normalized spacial score (nSPS) is 17.2. The smallest absolute Gasteiger partial charge is 0.250 e. The summed E-state index contributed by atoms with van der Waals surface area (Å²) in [5, 5.41) is 1.04. The number of ether oxygens (including phenoxy) is 1. The second-order valence-electron chi connectivity index (χ2n) is 9.74. The number of piperidine rings is 1. The zero-order chi connectivity index (χ0) is 23.0. The Kier molecular flexibility index (Phi) is 7.01. The number of rotatable bonds is 6. The van der Waals surface area contributed by atoms with Crippen LogP contribution in [0.4, 0.5) is 5.69 Å². The molecule has 1 aromatic carbocycles. The Morgan fingerprint density at radius 1 is 1.32 bits per heavy atom. The maximum atomic E-state index is 12.4. The van der Waals surface area contributed by atoms with Gasteiger partial charge in [0.15, 0.2) is 13.9 Å². The molecule has 1 aliphatic rings. The van der Waals surface area contributed by atoms with Gasteiger partial charge in [-0.1, -0.05) is 38.4 Å². The molecule has 1 amide bonds. The molecule has 0 spiro atoms. The van der Waals surface area contributed by atoms with Gasteiger partial charge >= 0.3 is 0 Å². The summed E-state index contributed by atoms with van der Waals surface area (Å²) >= 11 is 6.37. The van der Waals surface area contributed by atoms with E-state index in [2.05, 4.69) is 43.7 Å². The Hall–Kier alpha value is -1.67. The molecule has 6 nitrogen and oxygen atoms in total. The highest BCUT2D eigenvalue weighted by Gasteiger charge is 2.40. The molecule has 2 heterocycles. The minimum absolute atomic E-state index is 0.179. The van der Waals surface area contributed by atoms with Gasteiger partial charge in [0.1, 0.15) is 0 Å². The van der Waals surface area contributed by atoms with Gasteiger partial charge in [0.05, 0.1) is 16.8 Å². The second kappa shape index (κ2) is 9.06. The number of carbonyl (C=O) groups excluding carboxylic acids is 1. The van der Waals surface area contributed by atoms with Crippen LogP contribution in [-0.2, 0) is 9.16 Å². The molecule has 1 saturated heterocycles. The molecule has 31 heavy (non-hydrogen) atoms. The van der Waals surface area contributed by atoms with Crippen LogP contribution >= 0.6 is 11.6 Å². The quantitative estimate of drug-likeness (QED) is 0.470. The SMILES string of the molecule is COC(Cl)c1cc(C(N)=O)c(N2CCC(O[Si](C)(C)C(C)(C)C)CC2)c2ncccc12. The maximum absolute atomic E-state index is 12.4. The summed E-state index contributed by atoms with van der Waals surface area (Å²) in [5.41, 5.74) is 7.71. The van der Waals surface area contributed by atoms with Crippen molar-refractivity contribution in [2.75, 3.05) is 25.1 Å². The number of pyridine rings is 1. The molecule has 1 unspecified atom stereocenters. The van der Waals surface area contributed by atoms with Gasteiger partial charge in [-0.15, -0.1) is 0 Å². The molecule has 0 radical (unpaired) electrons. The van der Waals surface area contributed by atoms with E-state index >= 15 is 0 Å². The average Bonchev–Trinajstić information content (AvgIpc) is 2.71. The number of aromatic nitrogens is 1. The zero-order valence-corrected chi connectivity index (χ0v) is 21.1.